The third-order valence-corrected chi connectivity index (χ3v) is 4.87. The molecule has 156 valence electrons. The van der Waals surface area contributed by atoms with Gasteiger partial charge in [0.25, 0.3) is 11.8 Å². The van der Waals surface area contributed by atoms with Crippen molar-refractivity contribution in [2.75, 3.05) is 6.54 Å². The molecule has 1 aliphatic rings. The summed E-state index contributed by atoms with van der Waals surface area (Å²) >= 11 is 0. The monoisotopic (exact) mass is 399 g/mol. The number of carbonyl (C=O) groups excluding carboxylic acids is 4. The van der Waals surface area contributed by atoms with Crippen LogP contribution in [0.15, 0.2) is 36.4 Å². The molecular weight excluding hydrogens is 370 g/mol. The highest BCUT2D eigenvalue weighted by Gasteiger charge is 2.22. The third-order valence-electron chi connectivity index (χ3n) is 4.87. The van der Waals surface area contributed by atoms with Gasteiger partial charge >= 0.3 is 5.97 Å². The van der Waals surface area contributed by atoms with E-state index in [1.165, 1.54) is 29.5 Å². The first-order chi connectivity index (χ1) is 14.0. The molecular formula is C23H29NO5. The summed E-state index contributed by atoms with van der Waals surface area (Å²) in [6.07, 6.45) is 8.87. The van der Waals surface area contributed by atoms with Gasteiger partial charge in [0.1, 0.15) is 12.4 Å². The second-order valence-corrected chi connectivity index (χ2v) is 7.31. The zero-order chi connectivity index (χ0) is 21.1. The SMILES string of the molecule is CC(=O)OCc1ccc(CCCCC(=O)CCCCCN2C(=O)C=CC2=O)cc1. The first-order valence-electron chi connectivity index (χ1n) is 10.2. The number of benzene rings is 1. The molecule has 0 saturated heterocycles. The number of esters is 1. The van der Waals surface area contributed by atoms with Gasteiger partial charge in [-0.25, -0.2) is 0 Å². The Morgan fingerprint density at radius 2 is 1.41 bits per heavy atom. The predicted molar refractivity (Wildman–Crippen MR) is 109 cm³/mol. The fraction of sp³-hybridized carbons (Fsp3) is 0.478. The second-order valence-electron chi connectivity index (χ2n) is 7.31. The molecule has 0 aliphatic carbocycles. The van der Waals surface area contributed by atoms with Crippen molar-refractivity contribution in [2.24, 2.45) is 0 Å². The van der Waals surface area contributed by atoms with Crippen LogP contribution in [-0.4, -0.2) is 35.0 Å². The van der Waals surface area contributed by atoms with E-state index in [2.05, 4.69) is 0 Å². The topological polar surface area (TPSA) is 80.8 Å². The van der Waals surface area contributed by atoms with E-state index in [9.17, 15) is 19.2 Å². The Bertz CT molecular complexity index is 733. The van der Waals surface area contributed by atoms with Crippen molar-refractivity contribution in [3.05, 3.63) is 47.5 Å². The lowest BCUT2D eigenvalue weighted by molar-refractivity contribution is -0.142. The van der Waals surface area contributed by atoms with E-state index in [0.717, 1.165) is 44.1 Å². The van der Waals surface area contributed by atoms with E-state index in [0.29, 0.717) is 26.0 Å². The predicted octanol–water partition coefficient (Wildman–Crippen LogP) is 3.52. The van der Waals surface area contributed by atoms with Gasteiger partial charge < -0.3 is 4.74 Å². The number of unbranched alkanes of at least 4 members (excludes halogenated alkanes) is 3. The average Bonchev–Trinajstić information content (AvgIpc) is 3.02. The standard InChI is InChI=1S/C23H29NO5/c1-18(25)29-17-20-12-10-19(11-13-20)7-4-5-9-21(26)8-3-2-6-16-24-22(27)14-15-23(24)28/h10-15H,2-9,16-17H2,1H3. The molecule has 0 N–H and O–H groups in total. The van der Waals surface area contributed by atoms with E-state index >= 15 is 0 Å². The molecule has 1 aromatic carbocycles. The normalized spacial score (nSPS) is 13.2. The smallest absolute Gasteiger partial charge is 0.302 e. The Labute approximate surface area is 171 Å². The quantitative estimate of drug-likeness (QED) is 0.288. The first-order valence-corrected chi connectivity index (χ1v) is 10.2. The van der Waals surface area contributed by atoms with Gasteiger partial charge in [-0.05, 0) is 43.2 Å². The van der Waals surface area contributed by atoms with Gasteiger partial charge in [-0.3, -0.25) is 24.1 Å². The lowest BCUT2D eigenvalue weighted by atomic mass is 10.0. The molecule has 0 unspecified atom stereocenters. The van der Waals surface area contributed by atoms with Gasteiger partial charge in [0.15, 0.2) is 0 Å². The summed E-state index contributed by atoms with van der Waals surface area (Å²) in [4.78, 5) is 46.9. The van der Waals surface area contributed by atoms with Gasteiger partial charge in [0, 0.05) is 38.5 Å². The molecule has 6 heteroatoms. The molecule has 1 heterocycles. The Kier molecular flexibility index (Phi) is 9.28. The summed E-state index contributed by atoms with van der Waals surface area (Å²) in [5, 5.41) is 0. The van der Waals surface area contributed by atoms with Gasteiger partial charge in [0.2, 0.25) is 0 Å². The number of nitrogens with zero attached hydrogens (tertiary/aromatic N) is 1. The molecule has 0 radical (unpaired) electrons. The van der Waals surface area contributed by atoms with Crippen LogP contribution in [0.3, 0.4) is 0 Å². The number of carbonyl (C=O) groups is 4. The Balaban J connectivity index is 1.50. The number of ether oxygens (including phenoxy) is 1. The van der Waals surface area contributed by atoms with Crippen LogP contribution >= 0.6 is 0 Å². The van der Waals surface area contributed by atoms with Crippen molar-refractivity contribution in [3.63, 3.8) is 0 Å². The molecule has 1 aliphatic heterocycles. The summed E-state index contributed by atoms with van der Waals surface area (Å²) in [5.41, 5.74) is 2.18. The third kappa shape index (κ3) is 8.42. The Hall–Kier alpha value is -2.76. The van der Waals surface area contributed by atoms with Gasteiger partial charge in [0.05, 0.1) is 0 Å². The van der Waals surface area contributed by atoms with Crippen molar-refractivity contribution >= 4 is 23.6 Å². The van der Waals surface area contributed by atoms with Crippen LogP contribution < -0.4 is 0 Å². The summed E-state index contributed by atoms with van der Waals surface area (Å²) in [5.74, 6) is -0.500. The summed E-state index contributed by atoms with van der Waals surface area (Å²) in [7, 11) is 0. The van der Waals surface area contributed by atoms with Gasteiger partial charge in [-0.2, -0.15) is 0 Å². The number of imide groups is 1. The number of hydrogen-bond acceptors (Lipinski definition) is 5. The van der Waals surface area contributed by atoms with Crippen molar-refractivity contribution < 1.29 is 23.9 Å². The number of rotatable bonds is 13. The molecule has 0 aromatic heterocycles. The molecule has 0 atom stereocenters. The molecule has 0 bridgehead atoms. The first kappa shape index (κ1) is 22.5. The molecule has 2 rings (SSSR count). The highest BCUT2D eigenvalue weighted by Crippen LogP contribution is 2.12. The van der Waals surface area contributed by atoms with Crippen LogP contribution in [0.25, 0.3) is 0 Å². The molecule has 0 spiro atoms. The minimum atomic E-state index is -0.284. The number of amides is 2. The highest BCUT2D eigenvalue weighted by atomic mass is 16.5. The molecule has 29 heavy (non-hydrogen) atoms. The second kappa shape index (κ2) is 11.9. The van der Waals surface area contributed by atoms with Crippen LogP contribution in [0.1, 0.15) is 63.0 Å². The van der Waals surface area contributed by atoms with Crippen LogP contribution in [0.4, 0.5) is 0 Å². The van der Waals surface area contributed by atoms with Crippen molar-refractivity contribution in [1.29, 1.82) is 0 Å². The summed E-state index contributed by atoms with van der Waals surface area (Å²) in [6.45, 7) is 2.12. The number of ketones is 1. The maximum Gasteiger partial charge on any atom is 0.302 e. The average molecular weight is 399 g/mol. The fourth-order valence-corrected chi connectivity index (χ4v) is 3.18. The number of hydrogen-bond donors (Lipinski definition) is 0. The number of Topliss-reactive ketones (excluding diaryl/α,β-unsaturated/α-hetero) is 1. The van der Waals surface area contributed by atoms with Crippen LogP contribution in [-0.2, 0) is 36.9 Å². The lowest BCUT2D eigenvalue weighted by Gasteiger charge is -2.12. The molecule has 1 aromatic rings. The fourth-order valence-electron chi connectivity index (χ4n) is 3.18. The van der Waals surface area contributed by atoms with E-state index in [4.69, 9.17) is 4.74 Å². The maximum atomic E-state index is 12.0. The summed E-state index contributed by atoms with van der Waals surface area (Å²) < 4.78 is 4.96. The number of aryl methyl sites for hydroxylation is 1. The largest absolute Gasteiger partial charge is 0.461 e. The molecule has 6 nitrogen and oxygen atoms in total. The van der Waals surface area contributed by atoms with E-state index in [1.54, 1.807) is 0 Å². The zero-order valence-corrected chi connectivity index (χ0v) is 17.0. The van der Waals surface area contributed by atoms with E-state index < -0.39 is 0 Å². The van der Waals surface area contributed by atoms with E-state index in [-0.39, 0.29) is 23.6 Å². The minimum absolute atomic E-state index is 0.245. The van der Waals surface area contributed by atoms with Crippen molar-refractivity contribution in [2.45, 2.75) is 64.9 Å². The van der Waals surface area contributed by atoms with E-state index in [1.807, 2.05) is 24.3 Å². The summed E-state index contributed by atoms with van der Waals surface area (Å²) in [6, 6.07) is 7.99. The zero-order valence-electron chi connectivity index (χ0n) is 17.0. The maximum absolute atomic E-state index is 12.0. The Morgan fingerprint density at radius 1 is 0.828 bits per heavy atom. The Morgan fingerprint density at radius 3 is 2.03 bits per heavy atom. The van der Waals surface area contributed by atoms with Crippen LogP contribution in [0.5, 0.6) is 0 Å². The minimum Gasteiger partial charge on any atom is -0.461 e. The molecule has 0 fully saturated rings. The van der Waals surface area contributed by atoms with Gasteiger partial charge in [-0.15, -0.1) is 0 Å². The van der Waals surface area contributed by atoms with Crippen molar-refractivity contribution in [3.8, 4) is 0 Å². The molecule has 0 saturated carbocycles. The van der Waals surface area contributed by atoms with Crippen LogP contribution in [0, 0.1) is 0 Å². The van der Waals surface area contributed by atoms with Gasteiger partial charge in [-0.1, -0.05) is 30.7 Å². The lowest BCUT2D eigenvalue weighted by Crippen LogP contribution is -2.30. The molecule has 2 amide bonds. The van der Waals surface area contributed by atoms with Crippen molar-refractivity contribution in [1.82, 2.24) is 4.90 Å². The highest BCUT2D eigenvalue weighted by molar-refractivity contribution is 6.12. The van der Waals surface area contributed by atoms with Crippen LogP contribution in [0.2, 0.25) is 0 Å².